The molecule has 1 aliphatic heterocycles. The summed E-state index contributed by atoms with van der Waals surface area (Å²) in [5, 5.41) is 3.51. The number of allylic oxidation sites excluding steroid dienone is 1. The van der Waals surface area contributed by atoms with Crippen molar-refractivity contribution in [2.24, 2.45) is 5.92 Å². The van der Waals surface area contributed by atoms with Crippen molar-refractivity contribution in [1.82, 2.24) is 14.9 Å². The molecule has 6 nitrogen and oxygen atoms in total. The molecule has 0 aromatic heterocycles. The highest BCUT2D eigenvalue weighted by Crippen LogP contribution is 2.36. The Labute approximate surface area is 191 Å². The van der Waals surface area contributed by atoms with E-state index in [1.165, 1.54) is 11.3 Å². The molecule has 172 valence electrons. The zero-order valence-electron chi connectivity index (χ0n) is 18.8. The van der Waals surface area contributed by atoms with Crippen molar-refractivity contribution in [3.63, 3.8) is 0 Å². The zero-order chi connectivity index (χ0) is 22.7. The van der Waals surface area contributed by atoms with Gasteiger partial charge in [-0.25, -0.2) is 13.1 Å². The predicted octanol–water partition coefficient (Wildman–Crippen LogP) is 3.57. The van der Waals surface area contributed by atoms with E-state index in [9.17, 15) is 8.42 Å². The van der Waals surface area contributed by atoms with Crippen LogP contribution in [0.2, 0.25) is 0 Å². The molecule has 32 heavy (non-hydrogen) atoms. The van der Waals surface area contributed by atoms with Gasteiger partial charge in [-0.05, 0) is 61.8 Å². The summed E-state index contributed by atoms with van der Waals surface area (Å²) in [6.07, 6.45) is 3.50. The summed E-state index contributed by atoms with van der Waals surface area (Å²) in [4.78, 5) is 2.69. The van der Waals surface area contributed by atoms with E-state index >= 15 is 0 Å². The molecule has 2 aliphatic rings. The summed E-state index contributed by atoms with van der Waals surface area (Å²) in [5.41, 5.74) is 9.78. The van der Waals surface area contributed by atoms with Gasteiger partial charge in [0.25, 0.3) is 0 Å². The molecular formula is C25H34N4O2S. The average Bonchev–Trinajstić information content (AvgIpc) is 2.81. The average molecular weight is 455 g/mol. The maximum absolute atomic E-state index is 12.8. The summed E-state index contributed by atoms with van der Waals surface area (Å²) >= 11 is 0. The number of nitrogens with two attached hydrogens (primary N) is 1. The molecule has 4 N–H and O–H groups in total. The number of benzene rings is 2. The van der Waals surface area contributed by atoms with Gasteiger partial charge in [0.15, 0.2) is 0 Å². The molecular weight excluding hydrogens is 420 g/mol. The number of anilines is 1. The van der Waals surface area contributed by atoms with Crippen LogP contribution < -0.4 is 15.8 Å². The number of sulfonamides is 1. The lowest BCUT2D eigenvalue weighted by atomic mass is 9.83. The summed E-state index contributed by atoms with van der Waals surface area (Å²) in [6, 6.07) is 15.7. The molecule has 2 aromatic rings. The fraction of sp³-hybridized carbons (Fsp3) is 0.440. The third-order valence-corrected chi connectivity index (χ3v) is 8.40. The van der Waals surface area contributed by atoms with E-state index in [0.717, 1.165) is 50.9 Å². The van der Waals surface area contributed by atoms with Gasteiger partial charge >= 0.3 is 0 Å². The normalized spacial score (nSPS) is 24.3. The number of piperazine rings is 1. The third kappa shape index (κ3) is 5.00. The molecule has 0 radical (unpaired) electrons. The van der Waals surface area contributed by atoms with Gasteiger partial charge in [-0.3, -0.25) is 0 Å². The van der Waals surface area contributed by atoms with Crippen LogP contribution in [0.5, 0.6) is 0 Å². The van der Waals surface area contributed by atoms with Crippen molar-refractivity contribution < 1.29 is 8.42 Å². The Bertz CT molecular complexity index is 1050. The first-order chi connectivity index (χ1) is 15.3. The van der Waals surface area contributed by atoms with E-state index in [-0.39, 0.29) is 10.9 Å². The van der Waals surface area contributed by atoms with Crippen LogP contribution >= 0.6 is 0 Å². The van der Waals surface area contributed by atoms with Gasteiger partial charge in [0.1, 0.15) is 0 Å². The van der Waals surface area contributed by atoms with Crippen LogP contribution in [-0.2, 0) is 10.0 Å². The third-order valence-electron chi connectivity index (χ3n) is 6.88. The van der Waals surface area contributed by atoms with Crippen molar-refractivity contribution in [3.05, 3.63) is 71.9 Å². The van der Waals surface area contributed by atoms with Crippen LogP contribution in [0.15, 0.2) is 65.7 Å². The number of hydrogen-bond acceptors (Lipinski definition) is 5. The van der Waals surface area contributed by atoms with E-state index in [4.69, 9.17) is 5.73 Å². The lowest BCUT2D eigenvalue weighted by Crippen LogP contribution is -2.47. The molecule has 1 atom stereocenters. The Morgan fingerprint density at radius 3 is 2.53 bits per heavy atom. The second-order valence-electron chi connectivity index (χ2n) is 9.00. The molecule has 0 spiro atoms. The van der Waals surface area contributed by atoms with Crippen molar-refractivity contribution in [2.45, 2.75) is 49.6 Å². The molecule has 2 fully saturated rings. The van der Waals surface area contributed by atoms with Gasteiger partial charge in [-0.1, -0.05) is 43.0 Å². The van der Waals surface area contributed by atoms with Gasteiger partial charge in [0, 0.05) is 37.1 Å². The quantitative estimate of drug-likeness (QED) is 0.581. The zero-order valence-corrected chi connectivity index (χ0v) is 19.6. The SMILES string of the molecule is C=C([C@H]1CC[C@H](NS(=O)(=O)c2ccc(C)c(N)c2)CC1)N1CCNC[C@@H]1c1ccccc1. The summed E-state index contributed by atoms with van der Waals surface area (Å²) in [5.74, 6) is 0.384. The highest BCUT2D eigenvalue weighted by Gasteiger charge is 2.32. The fourth-order valence-electron chi connectivity index (χ4n) is 4.87. The van der Waals surface area contributed by atoms with Crippen molar-refractivity contribution in [3.8, 4) is 0 Å². The maximum atomic E-state index is 12.8. The van der Waals surface area contributed by atoms with Crippen LogP contribution in [-0.4, -0.2) is 39.0 Å². The second kappa shape index (κ2) is 9.65. The van der Waals surface area contributed by atoms with Crippen LogP contribution in [0.25, 0.3) is 0 Å². The number of nitrogen functional groups attached to an aromatic ring is 1. The number of nitrogens with one attached hydrogen (secondary N) is 2. The van der Waals surface area contributed by atoms with Gasteiger partial charge in [-0.2, -0.15) is 0 Å². The Kier molecular flexibility index (Phi) is 6.88. The Morgan fingerprint density at radius 1 is 1.12 bits per heavy atom. The van der Waals surface area contributed by atoms with E-state index in [1.807, 2.05) is 13.0 Å². The Balaban J connectivity index is 1.37. The van der Waals surface area contributed by atoms with Gasteiger partial charge < -0.3 is 16.0 Å². The highest BCUT2D eigenvalue weighted by molar-refractivity contribution is 7.89. The molecule has 4 rings (SSSR count). The lowest BCUT2D eigenvalue weighted by Gasteiger charge is -2.43. The first kappa shape index (κ1) is 22.8. The number of nitrogens with zero attached hydrogens (tertiary/aromatic N) is 1. The van der Waals surface area contributed by atoms with Gasteiger partial charge in [0.05, 0.1) is 10.9 Å². The Morgan fingerprint density at radius 2 is 1.84 bits per heavy atom. The van der Waals surface area contributed by atoms with E-state index < -0.39 is 10.0 Å². The molecule has 0 amide bonds. The Hall–Kier alpha value is -2.35. The molecule has 2 aromatic carbocycles. The highest BCUT2D eigenvalue weighted by atomic mass is 32.2. The largest absolute Gasteiger partial charge is 0.398 e. The number of rotatable bonds is 6. The van der Waals surface area contributed by atoms with Crippen molar-refractivity contribution in [2.75, 3.05) is 25.4 Å². The van der Waals surface area contributed by atoms with Crippen LogP contribution in [0.3, 0.4) is 0 Å². The predicted molar refractivity (Wildman–Crippen MR) is 130 cm³/mol. The van der Waals surface area contributed by atoms with Gasteiger partial charge in [0.2, 0.25) is 10.0 Å². The standard InChI is InChI=1S/C25H34N4O2S/c1-18-8-13-23(16-24(18)26)32(30,31)28-22-11-9-20(10-12-22)19(2)29-15-14-27-17-25(29)21-6-4-3-5-7-21/h3-8,13,16,20,22,25,27-28H,2,9-12,14-15,17,26H2,1H3/t20-,22-,25-/m1/s1. The minimum absolute atomic E-state index is 0.0560. The molecule has 1 aliphatic carbocycles. The van der Waals surface area contributed by atoms with Crippen LogP contribution in [0.4, 0.5) is 5.69 Å². The van der Waals surface area contributed by atoms with E-state index in [1.54, 1.807) is 18.2 Å². The summed E-state index contributed by atoms with van der Waals surface area (Å²) in [6.45, 7) is 9.17. The molecule has 0 unspecified atom stereocenters. The van der Waals surface area contributed by atoms with Crippen molar-refractivity contribution >= 4 is 15.7 Å². The molecule has 1 heterocycles. The second-order valence-corrected chi connectivity index (χ2v) is 10.7. The molecule has 1 saturated heterocycles. The minimum Gasteiger partial charge on any atom is -0.398 e. The maximum Gasteiger partial charge on any atom is 0.240 e. The number of hydrogen-bond donors (Lipinski definition) is 3. The van der Waals surface area contributed by atoms with E-state index in [0.29, 0.717) is 17.6 Å². The first-order valence-electron chi connectivity index (χ1n) is 11.4. The first-order valence-corrected chi connectivity index (χ1v) is 12.9. The van der Waals surface area contributed by atoms with Gasteiger partial charge in [-0.15, -0.1) is 0 Å². The fourth-order valence-corrected chi connectivity index (χ4v) is 6.21. The minimum atomic E-state index is -3.57. The van der Waals surface area contributed by atoms with Crippen LogP contribution in [0, 0.1) is 12.8 Å². The van der Waals surface area contributed by atoms with E-state index in [2.05, 4.69) is 45.8 Å². The smallest absolute Gasteiger partial charge is 0.240 e. The number of aryl methyl sites for hydroxylation is 1. The van der Waals surface area contributed by atoms with Crippen molar-refractivity contribution in [1.29, 1.82) is 0 Å². The topological polar surface area (TPSA) is 87.5 Å². The monoisotopic (exact) mass is 454 g/mol. The molecule has 0 bridgehead atoms. The lowest BCUT2D eigenvalue weighted by molar-refractivity contribution is 0.174. The van der Waals surface area contributed by atoms with Crippen LogP contribution in [0.1, 0.15) is 42.9 Å². The molecule has 7 heteroatoms. The summed E-state index contributed by atoms with van der Waals surface area (Å²) in [7, 11) is -3.57. The summed E-state index contributed by atoms with van der Waals surface area (Å²) < 4.78 is 28.5. The molecule has 1 saturated carbocycles.